The van der Waals surface area contributed by atoms with Gasteiger partial charge in [0.2, 0.25) is 0 Å². The second-order valence-corrected chi connectivity index (χ2v) is 3.32. The minimum atomic E-state index is 0.676. The second-order valence-electron chi connectivity index (χ2n) is 3.32. The first kappa shape index (κ1) is 10.1. The van der Waals surface area contributed by atoms with Gasteiger partial charge in [-0.2, -0.15) is 5.26 Å². The molecular formula is C14H10N2. The van der Waals surface area contributed by atoms with Crippen LogP contribution in [0.2, 0.25) is 0 Å². The summed E-state index contributed by atoms with van der Waals surface area (Å²) in [5.74, 6) is 0. The summed E-state index contributed by atoms with van der Waals surface area (Å²) < 4.78 is 0. The summed E-state index contributed by atoms with van der Waals surface area (Å²) in [6, 6.07) is 15.3. The molecule has 1 heterocycles. The third-order valence-corrected chi connectivity index (χ3v) is 2.17. The molecule has 0 aliphatic rings. The van der Waals surface area contributed by atoms with Gasteiger partial charge < -0.3 is 0 Å². The summed E-state index contributed by atoms with van der Waals surface area (Å²) in [6.07, 6.45) is 5.68. The first-order valence-corrected chi connectivity index (χ1v) is 4.98. The summed E-state index contributed by atoms with van der Waals surface area (Å²) in [7, 11) is 0. The highest BCUT2D eigenvalue weighted by Crippen LogP contribution is 2.07. The molecule has 0 bridgehead atoms. The van der Waals surface area contributed by atoms with Crippen molar-refractivity contribution in [3.05, 3.63) is 65.5 Å². The minimum absolute atomic E-state index is 0.676. The van der Waals surface area contributed by atoms with Crippen LogP contribution in [0.5, 0.6) is 0 Å². The van der Waals surface area contributed by atoms with Crippen LogP contribution in [-0.4, -0.2) is 4.98 Å². The van der Waals surface area contributed by atoms with E-state index < -0.39 is 0 Å². The molecular weight excluding hydrogens is 196 g/mol. The molecule has 1 aromatic heterocycles. The Morgan fingerprint density at radius 2 is 1.81 bits per heavy atom. The third kappa shape index (κ3) is 2.55. The second kappa shape index (κ2) is 4.90. The number of rotatable bonds is 2. The van der Waals surface area contributed by atoms with Crippen molar-refractivity contribution in [2.75, 3.05) is 0 Å². The zero-order valence-corrected chi connectivity index (χ0v) is 8.67. The lowest BCUT2D eigenvalue weighted by molar-refractivity contribution is 1.30. The predicted octanol–water partition coefficient (Wildman–Crippen LogP) is 3.12. The number of nitriles is 1. The van der Waals surface area contributed by atoms with Crippen LogP contribution >= 0.6 is 0 Å². The Bertz CT molecular complexity index is 519. The number of pyridine rings is 1. The number of hydrogen-bond donors (Lipinski definition) is 0. The standard InChI is InChI=1S/C14H10N2/c15-11-13-6-4-12(5-7-13)8-9-14-3-1-2-10-16-14/h1-10H/b9-8+. The maximum absolute atomic E-state index is 8.66. The molecule has 0 spiro atoms. The Balaban J connectivity index is 2.15. The molecule has 0 saturated carbocycles. The van der Waals surface area contributed by atoms with Gasteiger partial charge in [0, 0.05) is 6.20 Å². The van der Waals surface area contributed by atoms with Crippen LogP contribution in [0.25, 0.3) is 12.2 Å². The van der Waals surface area contributed by atoms with Gasteiger partial charge in [-0.15, -0.1) is 0 Å². The first-order valence-electron chi connectivity index (χ1n) is 4.98. The summed E-state index contributed by atoms with van der Waals surface area (Å²) in [5, 5.41) is 8.66. The summed E-state index contributed by atoms with van der Waals surface area (Å²) in [4.78, 5) is 4.19. The van der Waals surface area contributed by atoms with E-state index in [2.05, 4.69) is 11.1 Å². The van der Waals surface area contributed by atoms with Crippen LogP contribution in [0.3, 0.4) is 0 Å². The largest absolute Gasteiger partial charge is 0.257 e. The Morgan fingerprint density at radius 1 is 1.00 bits per heavy atom. The summed E-state index contributed by atoms with van der Waals surface area (Å²) in [5.41, 5.74) is 2.66. The number of hydrogen-bond acceptors (Lipinski definition) is 2. The molecule has 0 atom stereocenters. The number of aromatic nitrogens is 1. The maximum Gasteiger partial charge on any atom is 0.0991 e. The molecule has 16 heavy (non-hydrogen) atoms. The van der Waals surface area contributed by atoms with Gasteiger partial charge in [0.15, 0.2) is 0 Å². The van der Waals surface area contributed by atoms with Crippen LogP contribution in [0.4, 0.5) is 0 Å². The normalized spacial score (nSPS) is 10.2. The van der Waals surface area contributed by atoms with Crippen molar-refractivity contribution < 1.29 is 0 Å². The van der Waals surface area contributed by atoms with Crippen LogP contribution in [0.15, 0.2) is 48.7 Å². The van der Waals surface area contributed by atoms with Gasteiger partial charge in [-0.1, -0.05) is 24.3 Å². The predicted molar refractivity (Wildman–Crippen MR) is 64.3 cm³/mol. The highest BCUT2D eigenvalue weighted by Gasteiger charge is 1.90. The van der Waals surface area contributed by atoms with Crippen molar-refractivity contribution in [3.63, 3.8) is 0 Å². The number of nitrogens with zero attached hydrogens (tertiary/aromatic N) is 2. The van der Waals surface area contributed by atoms with Crippen molar-refractivity contribution in [1.29, 1.82) is 5.26 Å². The van der Waals surface area contributed by atoms with Crippen molar-refractivity contribution in [3.8, 4) is 6.07 Å². The van der Waals surface area contributed by atoms with E-state index >= 15 is 0 Å². The van der Waals surface area contributed by atoms with E-state index in [0.717, 1.165) is 11.3 Å². The van der Waals surface area contributed by atoms with Crippen LogP contribution in [0, 0.1) is 11.3 Å². The first-order chi connectivity index (χ1) is 7.88. The highest BCUT2D eigenvalue weighted by atomic mass is 14.6. The van der Waals surface area contributed by atoms with Crippen molar-refractivity contribution in [1.82, 2.24) is 4.98 Å². The monoisotopic (exact) mass is 206 g/mol. The highest BCUT2D eigenvalue weighted by molar-refractivity contribution is 5.68. The fourth-order valence-corrected chi connectivity index (χ4v) is 1.32. The van der Waals surface area contributed by atoms with Gasteiger partial charge in [-0.05, 0) is 35.9 Å². The van der Waals surface area contributed by atoms with Crippen LogP contribution in [-0.2, 0) is 0 Å². The van der Waals surface area contributed by atoms with Gasteiger partial charge in [0.25, 0.3) is 0 Å². The van der Waals surface area contributed by atoms with Crippen molar-refractivity contribution in [2.24, 2.45) is 0 Å². The molecule has 0 amide bonds. The smallest absolute Gasteiger partial charge is 0.0991 e. The van der Waals surface area contributed by atoms with Gasteiger partial charge in [-0.25, -0.2) is 0 Å². The molecule has 0 aliphatic carbocycles. The zero-order valence-electron chi connectivity index (χ0n) is 8.67. The maximum atomic E-state index is 8.66. The van der Waals surface area contributed by atoms with E-state index in [9.17, 15) is 0 Å². The fraction of sp³-hybridized carbons (Fsp3) is 0. The van der Waals surface area contributed by atoms with Crippen molar-refractivity contribution in [2.45, 2.75) is 0 Å². The van der Waals surface area contributed by atoms with Crippen molar-refractivity contribution >= 4 is 12.2 Å². The lowest BCUT2D eigenvalue weighted by Crippen LogP contribution is -1.77. The lowest BCUT2D eigenvalue weighted by atomic mass is 10.1. The SMILES string of the molecule is N#Cc1ccc(/C=C/c2ccccn2)cc1. The molecule has 1 aromatic carbocycles. The number of benzene rings is 1. The molecule has 2 rings (SSSR count). The lowest BCUT2D eigenvalue weighted by Gasteiger charge is -1.93. The Hall–Kier alpha value is -2.40. The molecule has 0 N–H and O–H groups in total. The average Bonchev–Trinajstić information content (AvgIpc) is 2.38. The summed E-state index contributed by atoms with van der Waals surface area (Å²) >= 11 is 0. The molecule has 2 aromatic rings. The van der Waals surface area contributed by atoms with E-state index in [1.54, 1.807) is 18.3 Å². The molecule has 0 aliphatic heterocycles. The van der Waals surface area contributed by atoms with E-state index in [1.807, 2.05) is 42.5 Å². The summed E-state index contributed by atoms with van der Waals surface area (Å²) in [6.45, 7) is 0. The average molecular weight is 206 g/mol. The Kier molecular flexibility index (Phi) is 3.10. The Labute approximate surface area is 94.5 Å². The minimum Gasteiger partial charge on any atom is -0.257 e. The third-order valence-electron chi connectivity index (χ3n) is 2.17. The van der Waals surface area contributed by atoms with Crippen LogP contribution < -0.4 is 0 Å². The van der Waals surface area contributed by atoms with E-state index in [1.165, 1.54) is 0 Å². The van der Waals surface area contributed by atoms with Gasteiger partial charge in [0.05, 0.1) is 17.3 Å². The van der Waals surface area contributed by atoms with Gasteiger partial charge in [-0.3, -0.25) is 4.98 Å². The Morgan fingerprint density at radius 3 is 2.44 bits per heavy atom. The quantitative estimate of drug-likeness (QED) is 0.756. The van der Waals surface area contributed by atoms with Gasteiger partial charge in [0.1, 0.15) is 0 Å². The molecule has 0 fully saturated rings. The molecule has 2 nitrogen and oxygen atoms in total. The fourth-order valence-electron chi connectivity index (χ4n) is 1.32. The van der Waals surface area contributed by atoms with Gasteiger partial charge >= 0.3 is 0 Å². The van der Waals surface area contributed by atoms with E-state index in [4.69, 9.17) is 5.26 Å². The molecule has 2 heteroatoms. The molecule has 76 valence electrons. The zero-order chi connectivity index (χ0) is 11.2. The van der Waals surface area contributed by atoms with E-state index in [-0.39, 0.29) is 0 Å². The molecule has 0 unspecified atom stereocenters. The van der Waals surface area contributed by atoms with Crippen LogP contribution in [0.1, 0.15) is 16.8 Å². The van der Waals surface area contributed by atoms with E-state index in [0.29, 0.717) is 5.56 Å². The molecule has 0 saturated heterocycles. The molecule has 0 radical (unpaired) electrons. The topological polar surface area (TPSA) is 36.7 Å².